The van der Waals surface area contributed by atoms with Crippen molar-refractivity contribution in [1.29, 1.82) is 0 Å². The van der Waals surface area contributed by atoms with E-state index in [1.54, 1.807) is 6.92 Å². The molecule has 6 nitrogen and oxygen atoms in total. The van der Waals surface area contributed by atoms with Gasteiger partial charge in [0.2, 0.25) is 0 Å². The number of hydrogen-bond acceptors (Lipinski definition) is 5. The fraction of sp³-hybridized carbons (Fsp3) is 0.818. The Morgan fingerprint density at radius 2 is 2.24 bits per heavy atom. The molecule has 3 atom stereocenters. The van der Waals surface area contributed by atoms with Crippen LogP contribution < -0.4 is 0 Å². The summed E-state index contributed by atoms with van der Waals surface area (Å²) in [5.41, 5.74) is 0. The van der Waals surface area contributed by atoms with Gasteiger partial charge in [-0.2, -0.15) is 0 Å². The van der Waals surface area contributed by atoms with Crippen molar-refractivity contribution < 1.29 is 28.9 Å². The molecular weight excluding hydrogens is 228 g/mol. The standard InChI is InChI=1S/C11H18O6/c1-3-11(2)16-8(9(6-12)17-11)4-5-15-7-10(13)14/h6,8-9H,3-5,7H2,1-2H3,(H,13,14). The highest BCUT2D eigenvalue weighted by molar-refractivity contribution is 5.67. The van der Waals surface area contributed by atoms with Gasteiger partial charge in [-0.15, -0.1) is 0 Å². The highest BCUT2D eigenvalue weighted by atomic mass is 16.8. The first kappa shape index (κ1) is 14.1. The topological polar surface area (TPSA) is 82.1 Å². The maximum absolute atomic E-state index is 10.8. The van der Waals surface area contributed by atoms with Crippen molar-refractivity contribution >= 4 is 12.3 Å². The lowest BCUT2D eigenvalue weighted by atomic mass is 10.2. The van der Waals surface area contributed by atoms with Crippen LogP contribution in [0.25, 0.3) is 0 Å². The van der Waals surface area contributed by atoms with E-state index < -0.39 is 17.9 Å². The van der Waals surface area contributed by atoms with Crippen LogP contribution in [0.2, 0.25) is 0 Å². The summed E-state index contributed by atoms with van der Waals surface area (Å²) in [5, 5.41) is 8.39. The summed E-state index contributed by atoms with van der Waals surface area (Å²) in [6, 6.07) is 0. The fourth-order valence-corrected chi connectivity index (χ4v) is 1.64. The Balaban J connectivity index is 2.36. The van der Waals surface area contributed by atoms with Gasteiger partial charge in [0.05, 0.1) is 6.10 Å². The highest BCUT2D eigenvalue weighted by Gasteiger charge is 2.42. The summed E-state index contributed by atoms with van der Waals surface area (Å²) in [7, 11) is 0. The Labute approximate surface area is 99.8 Å². The van der Waals surface area contributed by atoms with Crippen LogP contribution in [0.4, 0.5) is 0 Å². The Morgan fingerprint density at radius 1 is 1.53 bits per heavy atom. The van der Waals surface area contributed by atoms with E-state index in [0.29, 0.717) is 19.1 Å². The van der Waals surface area contributed by atoms with E-state index in [0.717, 1.165) is 0 Å². The number of carboxylic acids is 1. The minimum absolute atomic E-state index is 0.227. The van der Waals surface area contributed by atoms with E-state index in [4.69, 9.17) is 19.3 Å². The number of aldehydes is 1. The molecule has 6 heteroatoms. The van der Waals surface area contributed by atoms with Crippen LogP contribution in [0.5, 0.6) is 0 Å². The van der Waals surface area contributed by atoms with Crippen molar-refractivity contribution in [2.45, 2.75) is 44.7 Å². The van der Waals surface area contributed by atoms with Crippen molar-refractivity contribution in [2.75, 3.05) is 13.2 Å². The molecule has 98 valence electrons. The van der Waals surface area contributed by atoms with E-state index in [-0.39, 0.29) is 19.3 Å². The van der Waals surface area contributed by atoms with Gasteiger partial charge in [-0.05, 0) is 13.3 Å². The molecule has 1 aliphatic rings. The summed E-state index contributed by atoms with van der Waals surface area (Å²) < 4.78 is 16.0. The largest absolute Gasteiger partial charge is 0.480 e. The minimum Gasteiger partial charge on any atom is -0.480 e. The van der Waals surface area contributed by atoms with Crippen molar-refractivity contribution in [2.24, 2.45) is 0 Å². The Morgan fingerprint density at radius 3 is 2.76 bits per heavy atom. The van der Waals surface area contributed by atoms with Gasteiger partial charge >= 0.3 is 5.97 Å². The van der Waals surface area contributed by atoms with Crippen LogP contribution >= 0.6 is 0 Å². The summed E-state index contributed by atoms with van der Waals surface area (Å²) in [6.07, 6.45) is 0.818. The zero-order valence-corrected chi connectivity index (χ0v) is 10.0. The quantitative estimate of drug-likeness (QED) is 0.523. The first-order chi connectivity index (χ1) is 8.00. The molecule has 1 heterocycles. The predicted molar refractivity (Wildman–Crippen MR) is 57.6 cm³/mol. The molecule has 1 N–H and O–H groups in total. The van der Waals surface area contributed by atoms with Gasteiger partial charge in [0, 0.05) is 13.0 Å². The molecule has 3 unspecified atom stereocenters. The van der Waals surface area contributed by atoms with E-state index in [2.05, 4.69) is 0 Å². The maximum atomic E-state index is 10.8. The molecule has 0 bridgehead atoms. The number of aliphatic carboxylic acids is 1. The molecule has 0 aliphatic carbocycles. The van der Waals surface area contributed by atoms with Crippen molar-refractivity contribution in [3.63, 3.8) is 0 Å². The van der Waals surface area contributed by atoms with Crippen LogP contribution in [0.1, 0.15) is 26.7 Å². The maximum Gasteiger partial charge on any atom is 0.329 e. The Kier molecular flexibility index (Phi) is 5.04. The van der Waals surface area contributed by atoms with Gasteiger partial charge in [0.15, 0.2) is 12.1 Å². The minimum atomic E-state index is -1.01. The van der Waals surface area contributed by atoms with Gasteiger partial charge in [-0.3, -0.25) is 0 Å². The number of carboxylic acid groups (broad SMARTS) is 1. The molecule has 17 heavy (non-hydrogen) atoms. The predicted octanol–water partition coefficient (Wildman–Crippen LogP) is 0.587. The summed E-state index contributed by atoms with van der Waals surface area (Å²) >= 11 is 0. The molecule has 0 spiro atoms. The number of carbonyl (C=O) groups is 2. The second kappa shape index (κ2) is 6.09. The molecule has 0 radical (unpaired) electrons. The zero-order valence-electron chi connectivity index (χ0n) is 10.0. The van der Waals surface area contributed by atoms with Crippen molar-refractivity contribution in [3.8, 4) is 0 Å². The third kappa shape index (κ3) is 4.07. The van der Waals surface area contributed by atoms with E-state index in [1.807, 2.05) is 6.92 Å². The fourth-order valence-electron chi connectivity index (χ4n) is 1.64. The number of hydrogen-bond donors (Lipinski definition) is 1. The average Bonchev–Trinajstić information content (AvgIpc) is 2.62. The van der Waals surface area contributed by atoms with E-state index in [1.165, 1.54) is 0 Å². The third-order valence-corrected chi connectivity index (χ3v) is 2.70. The molecule has 0 saturated carbocycles. The van der Waals surface area contributed by atoms with Crippen LogP contribution in [-0.4, -0.2) is 48.6 Å². The van der Waals surface area contributed by atoms with Crippen LogP contribution in [0.15, 0.2) is 0 Å². The van der Waals surface area contributed by atoms with Crippen LogP contribution in [-0.2, 0) is 23.8 Å². The molecule has 1 saturated heterocycles. The Bertz CT molecular complexity index is 279. The third-order valence-electron chi connectivity index (χ3n) is 2.70. The van der Waals surface area contributed by atoms with E-state index in [9.17, 15) is 9.59 Å². The van der Waals surface area contributed by atoms with Gasteiger partial charge in [0.25, 0.3) is 0 Å². The second-order valence-electron chi connectivity index (χ2n) is 4.10. The summed E-state index contributed by atoms with van der Waals surface area (Å²) in [6.45, 7) is 3.57. The molecule has 0 aromatic rings. The number of rotatable bonds is 7. The van der Waals surface area contributed by atoms with Crippen molar-refractivity contribution in [3.05, 3.63) is 0 Å². The first-order valence-electron chi connectivity index (χ1n) is 5.61. The lowest BCUT2D eigenvalue weighted by molar-refractivity contribution is -0.165. The number of carbonyl (C=O) groups excluding carboxylic acids is 1. The Hall–Kier alpha value is -0.980. The first-order valence-corrected chi connectivity index (χ1v) is 5.61. The monoisotopic (exact) mass is 246 g/mol. The molecule has 1 rings (SSSR count). The SMILES string of the molecule is CCC1(C)OC(C=O)C(CCOCC(=O)O)O1. The van der Waals surface area contributed by atoms with Gasteiger partial charge in [-0.25, -0.2) is 4.79 Å². The molecule has 1 fully saturated rings. The molecule has 0 aromatic heterocycles. The molecular formula is C11H18O6. The van der Waals surface area contributed by atoms with Gasteiger partial charge < -0.3 is 24.1 Å². The van der Waals surface area contributed by atoms with Crippen LogP contribution in [0, 0.1) is 0 Å². The number of ether oxygens (including phenoxy) is 3. The second-order valence-corrected chi connectivity index (χ2v) is 4.10. The molecule has 0 aromatic carbocycles. The molecule has 0 amide bonds. The summed E-state index contributed by atoms with van der Waals surface area (Å²) in [5.74, 6) is -1.75. The summed E-state index contributed by atoms with van der Waals surface area (Å²) in [4.78, 5) is 21.1. The normalized spacial score (nSPS) is 32.6. The van der Waals surface area contributed by atoms with Gasteiger partial charge in [-0.1, -0.05) is 6.92 Å². The zero-order chi connectivity index (χ0) is 12.9. The lowest BCUT2D eigenvalue weighted by Gasteiger charge is -2.20. The lowest BCUT2D eigenvalue weighted by Crippen LogP contribution is -2.26. The average molecular weight is 246 g/mol. The van der Waals surface area contributed by atoms with Crippen LogP contribution in [0.3, 0.4) is 0 Å². The smallest absolute Gasteiger partial charge is 0.329 e. The highest BCUT2D eigenvalue weighted by Crippen LogP contribution is 2.31. The molecule has 1 aliphatic heterocycles. The van der Waals surface area contributed by atoms with Crippen molar-refractivity contribution in [1.82, 2.24) is 0 Å². The van der Waals surface area contributed by atoms with E-state index >= 15 is 0 Å². The van der Waals surface area contributed by atoms with Gasteiger partial charge in [0.1, 0.15) is 12.7 Å².